The molecule has 0 aromatic carbocycles. The van der Waals surface area contributed by atoms with Crippen LogP contribution in [0.25, 0.3) is 10.2 Å². The normalized spacial score (nSPS) is 20.8. The molecule has 24 heavy (non-hydrogen) atoms. The smallest absolute Gasteiger partial charge is 0.150 e. The molecular weight excluding hydrogens is 322 g/mol. The van der Waals surface area contributed by atoms with Gasteiger partial charge in [0.2, 0.25) is 0 Å². The molecule has 130 valence electrons. The van der Waals surface area contributed by atoms with E-state index in [-0.39, 0.29) is 0 Å². The van der Waals surface area contributed by atoms with Crippen LogP contribution in [0.4, 0.5) is 5.82 Å². The lowest BCUT2D eigenvalue weighted by Gasteiger charge is -2.31. The molecule has 2 aromatic heterocycles. The lowest BCUT2D eigenvalue weighted by atomic mass is 10.3. The largest absolute Gasteiger partial charge is 0.378 e. The average Bonchev–Trinajstić information content (AvgIpc) is 2.99. The Morgan fingerprint density at radius 2 is 1.83 bits per heavy atom. The maximum atomic E-state index is 5.49. The van der Waals surface area contributed by atoms with E-state index in [1.165, 1.54) is 9.58 Å². The van der Waals surface area contributed by atoms with Crippen LogP contribution in [0.15, 0.2) is 6.07 Å². The van der Waals surface area contributed by atoms with E-state index in [1.54, 1.807) is 0 Å². The summed E-state index contributed by atoms with van der Waals surface area (Å²) >= 11 is 1.86. The Morgan fingerprint density at radius 1 is 1.08 bits per heavy atom. The summed E-state index contributed by atoms with van der Waals surface area (Å²) in [5.41, 5.74) is 1.10. The third-order valence-electron chi connectivity index (χ3n) is 4.80. The van der Waals surface area contributed by atoms with Gasteiger partial charge in [-0.2, -0.15) is 0 Å². The summed E-state index contributed by atoms with van der Waals surface area (Å²) in [5, 5.41) is 0. The van der Waals surface area contributed by atoms with Crippen molar-refractivity contribution in [1.82, 2.24) is 19.8 Å². The maximum Gasteiger partial charge on any atom is 0.150 e. The molecule has 2 aromatic rings. The zero-order valence-electron chi connectivity index (χ0n) is 14.5. The van der Waals surface area contributed by atoms with Gasteiger partial charge in [0.05, 0.1) is 23.4 Å². The van der Waals surface area contributed by atoms with Crippen molar-refractivity contribution in [3.05, 3.63) is 16.8 Å². The summed E-state index contributed by atoms with van der Waals surface area (Å²) in [6, 6.07) is 2.26. The number of thiophene rings is 1. The van der Waals surface area contributed by atoms with Crippen molar-refractivity contribution in [3.8, 4) is 0 Å². The number of fused-ring (bicyclic) bond motifs is 1. The molecule has 2 fully saturated rings. The lowest BCUT2D eigenvalue weighted by Crippen LogP contribution is -2.43. The van der Waals surface area contributed by atoms with Crippen LogP contribution >= 0.6 is 11.3 Å². The Kier molecular flexibility index (Phi) is 4.67. The summed E-state index contributed by atoms with van der Waals surface area (Å²) in [4.78, 5) is 18.1. The molecule has 0 saturated carbocycles. The first-order valence-corrected chi connectivity index (χ1v) is 9.51. The first-order valence-electron chi connectivity index (χ1n) is 8.70. The van der Waals surface area contributed by atoms with Crippen LogP contribution in [0.3, 0.4) is 0 Å². The van der Waals surface area contributed by atoms with E-state index < -0.39 is 0 Å². The van der Waals surface area contributed by atoms with Gasteiger partial charge in [-0.1, -0.05) is 0 Å². The number of rotatable bonds is 3. The molecule has 4 heterocycles. The SMILES string of the molecule is Cc1nc(N2CCOCC2)c2sc(CN3CCN(C)CC3)cc2n1. The molecule has 0 aliphatic carbocycles. The molecule has 6 nitrogen and oxygen atoms in total. The Balaban J connectivity index is 1.59. The predicted molar refractivity (Wildman–Crippen MR) is 98.0 cm³/mol. The van der Waals surface area contributed by atoms with Crippen LogP contribution in [0.2, 0.25) is 0 Å². The minimum Gasteiger partial charge on any atom is -0.378 e. The van der Waals surface area contributed by atoms with Crippen LogP contribution in [0.5, 0.6) is 0 Å². The first-order chi connectivity index (χ1) is 11.7. The van der Waals surface area contributed by atoms with Gasteiger partial charge in [-0.15, -0.1) is 11.3 Å². The highest BCUT2D eigenvalue weighted by Gasteiger charge is 2.20. The monoisotopic (exact) mass is 347 g/mol. The molecule has 0 amide bonds. The van der Waals surface area contributed by atoms with Gasteiger partial charge >= 0.3 is 0 Å². The molecule has 2 aliphatic heterocycles. The molecule has 4 rings (SSSR count). The Bertz CT molecular complexity index is 704. The van der Waals surface area contributed by atoms with Gasteiger partial charge < -0.3 is 14.5 Å². The highest BCUT2D eigenvalue weighted by molar-refractivity contribution is 7.19. The van der Waals surface area contributed by atoms with Crippen molar-refractivity contribution >= 4 is 27.4 Å². The van der Waals surface area contributed by atoms with Gasteiger partial charge in [-0.25, -0.2) is 9.97 Å². The van der Waals surface area contributed by atoms with E-state index in [9.17, 15) is 0 Å². The topological polar surface area (TPSA) is 44.7 Å². The predicted octanol–water partition coefficient (Wildman–Crippen LogP) is 1.58. The number of nitrogens with zero attached hydrogens (tertiary/aromatic N) is 5. The minimum atomic E-state index is 0.782. The molecule has 7 heteroatoms. The molecule has 2 saturated heterocycles. The summed E-state index contributed by atoms with van der Waals surface area (Å²) in [6.07, 6.45) is 0. The van der Waals surface area contributed by atoms with Gasteiger partial charge in [0.25, 0.3) is 0 Å². The number of hydrogen-bond acceptors (Lipinski definition) is 7. The maximum absolute atomic E-state index is 5.49. The van der Waals surface area contributed by atoms with Crippen molar-refractivity contribution in [2.24, 2.45) is 0 Å². The summed E-state index contributed by atoms with van der Waals surface area (Å²) in [5.74, 6) is 1.95. The number of hydrogen-bond donors (Lipinski definition) is 0. The standard InChI is InChI=1S/C17H25N5OS/c1-13-18-15-11-14(12-21-5-3-20(2)4-6-21)24-16(15)17(19-13)22-7-9-23-10-8-22/h11H,3-10,12H2,1-2H3. The number of likely N-dealkylation sites (N-methyl/N-ethyl adjacent to an activating group) is 1. The Morgan fingerprint density at radius 3 is 2.58 bits per heavy atom. The average molecular weight is 347 g/mol. The van der Waals surface area contributed by atoms with Gasteiger partial charge in [0.15, 0.2) is 5.82 Å². The number of morpholine rings is 1. The second-order valence-corrected chi connectivity index (χ2v) is 7.84. The minimum absolute atomic E-state index is 0.782. The number of aryl methyl sites for hydroxylation is 1. The fourth-order valence-corrected chi connectivity index (χ4v) is 4.53. The number of anilines is 1. The van der Waals surface area contributed by atoms with Gasteiger partial charge in [-0.05, 0) is 20.0 Å². The molecule has 0 radical (unpaired) electrons. The van der Waals surface area contributed by atoms with E-state index >= 15 is 0 Å². The fraction of sp³-hybridized carbons (Fsp3) is 0.647. The Hall–Kier alpha value is -1.28. The quantitative estimate of drug-likeness (QED) is 0.840. The lowest BCUT2D eigenvalue weighted by molar-refractivity contribution is 0.122. The third-order valence-corrected chi connectivity index (χ3v) is 5.91. The van der Waals surface area contributed by atoms with Crippen molar-refractivity contribution in [1.29, 1.82) is 0 Å². The van der Waals surface area contributed by atoms with E-state index in [0.717, 1.165) is 76.2 Å². The number of aromatic nitrogens is 2. The van der Waals surface area contributed by atoms with E-state index in [1.807, 2.05) is 18.3 Å². The summed E-state index contributed by atoms with van der Waals surface area (Å²) < 4.78 is 6.71. The van der Waals surface area contributed by atoms with Crippen LogP contribution in [0.1, 0.15) is 10.7 Å². The zero-order chi connectivity index (χ0) is 16.5. The molecule has 2 aliphatic rings. The van der Waals surface area contributed by atoms with Crippen LogP contribution < -0.4 is 4.90 Å². The van der Waals surface area contributed by atoms with Gasteiger partial charge in [0, 0.05) is 50.7 Å². The third kappa shape index (κ3) is 3.39. The van der Waals surface area contributed by atoms with Crippen molar-refractivity contribution < 1.29 is 4.74 Å². The van der Waals surface area contributed by atoms with Crippen LogP contribution in [-0.4, -0.2) is 79.3 Å². The Labute approximate surface area is 147 Å². The molecule has 0 bridgehead atoms. The second kappa shape index (κ2) is 6.92. The molecule has 0 N–H and O–H groups in total. The molecule has 0 atom stereocenters. The number of piperazine rings is 1. The van der Waals surface area contributed by atoms with E-state index in [2.05, 4.69) is 32.8 Å². The van der Waals surface area contributed by atoms with E-state index in [0.29, 0.717) is 0 Å². The highest BCUT2D eigenvalue weighted by Crippen LogP contribution is 2.33. The number of ether oxygens (including phenoxy) is 1. The highest BCUT2D eigenvalue weighted by atomic mass is 32.1. The van der Waals surface area contributed by atoms with Crippen LogP contribution in [0, 0.1) is 6.92 Å². The second-order valence-electron chi connectivity index (χ2n) is 6.70. The van der Waals surface area contributed by atoms with Gasteiger partial charge in [-0.3, -0.25) is 4.90 Å². The van der Waals surface area contributed by atoms with Crippen molar-refractivity contribution in [2.45, 2.75) is 13.5 Å². The van der Waals surface area contributed by atoms with Gasteiger partial charge in [0.1, 0.15) is 5.82 Å². The first kappa shape index (κ1) is 16.2. The fourth-order valence-electron chi connectivity index (χ4n) is 3.37. The molecule has 0 unspecified atom stereocenters. The zero-order valence-corrected chi connectivity index (χ0v) is 15.3. The molecular formula is C17H25N5OS. The van der Waals surface area contributed by atoms with Crippen molar-refractivity contribution in [2.75, 3.05) is 64.4 Å². The van der Waals surface area contributed by atoms with Crippen molar-refractivity contribution in [3.63, 3.8) is 0 Å². The summed E-state index contributed by atoms with van der Waals surface area (Å²) in [6.45, 7) is 11.0. The van der Waals surface area contributed by atoms with E-state index in [4.69, 9.17) is 9.72 Å². The molecule has 0 spiro atoms. The van der Waals surface area contributed by atoms with Crippen LogP contribution in [-0.2, 0) is 11.3 Å². The summed E-state index contributed by atoms with van der Waals surface area (Å²) in [7, 11) is 2.20.